The molecule has 0 aromatic rings. The third-order valence-corrected chi connectivity index (χ3v) is 2.70. The number of hydrogen-bond acceptors (Lipinski definition) is 1. The van der Waals surface area contributed by atoms with Crippen molar-refractivity contribution in [3.8, 4) is 0 Å². The van der Waals surface area contributed by atoms with E-state index in [0.717, 1.165) is 12.3 Å². The SMILES string of the molecule is FC(F)(F)CCN1C=C(Br)C(C(F)(F)F)=CC1. The fourth-order valence-corrected chi connectivity index (χ4v) is 1.94. The van der Waals surface area contributed by atoms with Gasteiger partial charge in [-0.15, -0.1) is 0 Å². The highest BCUT2D eigenvalue weighted by molar-refractivity contribution is 9.12. The summed E-state index contributed by atoms with van der Waals surface area (Å²) in [6.45, 7) is -0.541. The fourth-order valence-electron chi connectivity index (χ4n) is 1.27. The van der Waals surface area contributed by atoms with E-state index in [1.807, 2.05) is 0 Å². The maximum Gasteiger partial charge on any atom is 0.417 e. The van der Waals surface area contributed by atoms with Crippen LogP contribution in [-0.2, 0) is 0 Å². The molecule has 8 heteroatoms. The minimum Gasteiger partial charge on any atom is -0.372 e. The standard InChI is InChI=1S/C9H8BrF6N/c10-7-5-17(4-2-8(11,12)13)3-1-6(7)9(14,15)16/h1,5H,2-4H2. The van der Waals surface area contributed by atoms with Crippen LogP contribution in [0, 0.1) is 0 Å². The molecule has 1 aliphatic rings. The predicted octanol–water partition coefficient (Wildman–Crippen LogP) is 3.98. The lowest BCUT2D eigenvalue weighted by Gasteiger charge is -2.25. The van der Waals surface area contributed by atoms with E-state index in [0.29, 0.717) is 0 Å². The Morgan fingerprint density at radius 3 is 2.18 bits per heavy atom. The van der Waals surface area contributed by atoms with Crippen LogP contribution in [0.3, 0.4) is 0 Å². The van der Waals surface area contributed by atoms with E-state index >= 15 is 0 Å². The summed E-state index contributed by atoms with van der Waals surface area (Å²) < 4.78 is 72.6. The average Bonchev–Trinajstić information content (AvgIpc) is 2.11. The molecule has 0 atom stereocenters. The molecular weight excluding hydrogens is 316 g/mol. The van der Waals surface area contributed by atoms with E-state index in [4.69, 9.17) is 0 Å². The van der Waals surface area contributed by atoms with E-state index in [1.54, 1.807) is 0 Å². The summed E-state index contributed by atoms with van der Waals surface area (Å²) in [6, 6.07) is 0. The molecule has 1 aliphatic heterocycles. The largest absolute Gasteiger partial charge is 0.417 e. The third-order valence-electron chi connectivity index (χ3n) is 2.07. The lowest BCUT2D eigenvalue weighted by Crippen LogP contribution is -2.28. The van der Waals surface area contributed by atoms with Gasteiger partial charge < -0.3 is 4.90 Å². The minimum absolute atomic E-state index is 0.181. The van der Waals surface area contributed by atoms with Crippen LogP contribution in [-0.4, -0.2) is 30.3 Å². The Kier molecular flexibility index (Phi) is 4.16. The van der Waals surface area contributed by atoms with Gasteiger partial charge in [0.15, 0.2) is 0 Å². The number of hydrogen-bond donors (Lipinski definition) is 0. The third kappa shape index (κ3) is 4.61. The lowest BCUT2D eigenvalue weighted by atomic mass is 10.2. The summed E-state index contributed by atoms with van der Waals surface area (Å²) >= 11 is 2.70. The predicted molar refractivity (Wildman–Crippen MR) is 53.4 cm³/mol. The fraction of sp³-hybridized carbons (Fsp3) is 0.556. The van der Waals surface area contributed by atoms with Crippen LogP contribution in [0.15, 0.2) is 22.3 Å². The van der Waals surface area contributed by atoms with Gasteiger partial charge in [0.05, 0.1) is 12.0 Å². The first-order chi connectivity index (χ1) is 7.59. The molecule has 0 N–H and O–H groups in total. The molecule has 0 aliphatic carbocycles. The Labute approximate surface area is 102 Å². The highest BCUT2D eigenvalue weighted by Crippen LogP contribution is 2.36. The van der Waals surface area contributed by atoms with Gasteiger partial charge in [-0.05, 0) is 15.9 Å². The van der Waals surface area contributed by atoms with Crippen molar-refractivity contribution in [1.29, 1.82) is 0 Å². The van der Waals surface area contributed by atoms with E-state index in [-0.39, 0.29) is 17.6 Å². The van der Waals surface area contributed by atoms with Gasteiger partial charge in [0.25, 0.3) is 0 Å². The first-order valence-corrected chi connectivity index (χ1v) is 5.35. The van der Waals surface area contributed by atoms with Crippen molar-refractivity contribution in [2.75, 3.05) is 13.1 Å². The molecule has 0 spiro atoms. The molecule has 0 aromatic carbocycles. The second kappa shape index (κ2) is 4.91. The maximum absolute atomic E-state index is 12.4. The first kappa shape index (κ1) is 14.4. The summed E-state index contributed by atoms with van der Waals surface area (Å²) in [5.41, 5.74) is -0.860. The highest BCUT2D eigenvalue weighted by atomic mass is 79.9. The lowest BCUT2D eigenvalue weighted by molar-refractivity contribution is -0.136. The molecule has 1 heterocycles. The van der Waals surface area contributed by atoms with Crippen LogP contribution < -0.4 is 0 Å². The molecule has 1 nitrogen and oxygen atoms in total. The average molecular weight is 324 g/mol. The Bertz CT molecular complexity index is 340. The number of halogens is 7. The van der Waals surface area contributed by atoms with Gasteiger partial charge in [-0.1, -0.05) is 6.08 Å². The van der Waals surface area contributed by atoms with Crippen LogP contribution in [0.1, 0.15) is 6.42 Å². The van der Waals surface area contributed by atoms with E-state index in [9.17, 15) is 26.3 Å². The first-order valence-electron chi connectivity index (χ1n) is 4.55. The molecule has 17 heavy (non-hydrogen) atoms. The molecule has 0 aromatic heterocycles. The van der Waals surface area contributed by atoms with Crippen molar-refractivity contribution in [2.24, 2.45) is 0 Å². The zero-order valence-electron chi connectivity index (χ0n) is 8.37. The number of alkyl halides is 6. The smallest absolute Gasteiger partial charge is 0.372 e. The van der Waals surface area contributed by atoms with Crippen molar-refractivity contribution < 1.29 is 26.3 Å². The van der Waals surface area contributed by atoms with Crippen LogP contribution in [0.2, 0.25) is 0 Å². The second-order valence-corrected chi connectivity index (χ2v) is 4.31. The minimum atomic E-state index is -4.49. The molecule has 0 amide bonds. The Hall–Kier alpha value is -0.660. The summed E-state index contributed by atoms with van der Waals surface area (Å²) in [5, 5.41) is 0. The Morgan fingerprint density at radius 2 is 1.76 bits per heavy atom. The quantitative estimate of drug-likeness (QED) is 0.695. The van der Waals surface area contributed by atoms with Crippen LogP contribution in [0.25, 0.3) is 0 Å². The van der Waals surface area contributed by atoms with Crippen LogP contribution >= 0.6 is 15.9 Å². The van der Waals surface area contributed by atoms with E-state index in [2.05, 4.69) is 15.9 Å². The molecular formula is C9H8BrF6N. The Balaban J connectivity index is 2.61. The van der Waals surface area contributed by atoms with Crippen molar-refractivity contribution in [3.05, 3.63) is 22.3 Å². The van der Waals surface area contributed by atoms with Crippen molar-refractivity contribution in [1.82, 2.24) is 4.90 Å². The van der Waals surface area contributed by atoms with Gasteiger partial charge >= 0.3 is 12.4 Å². The Morgan fingerprint density at radius 1 is 1.18 bits per heavy atom. The van der Waals surface area contributed by atoms with Crippen molar-refractivity contribution in [2.45, 2.75) is 18.8 Å². The molecule has 0 unspecified atom stereocenters. The van der Waals surface area contributed by atoms with Gasteiger partial charge in [0.1, 0.15) is 0 Å². The van der Waals surface area contributed by atoms with Crippen molar-refractivity contribution in [3.63, 3.8) is 0 Å². The molecule has 0 radical (unpaired) electrons. The molecule has 0 bridgehead atoms. The number of rotatable bonds is 2. The normalized spacial score (nSPS) is 17.9. The zero-order valence-corrected chi connectivity index (χ0v) is 9.95. The molecule has 1 rings (SSSR count). The van der Waals surface area contributed by atoms with Gasteiger partial charge in [0, 0.05) is 23.8 Å². The number of allylic oxidation sites excluding steroid dienone is 2. The van der Waals surface area contributed by atoms with Crippen LogP contribution in [0.4, 0.5) is 26.3 Å². The van der Waals surface area contributed by atoms with Crippen LogP contribution in [0.5, 0.6) is 0 Å². The monoisotopic (exact) mass is 323 g/mol. The highest BCUT2D eigenvalue weighted by Gasteiger charge is 2.37. The van der Waals surface area contributed by atoms with Gasteiger partial charge in [0.2, 0.25) is 0 Å². The van der Waals surface area contributed by atoms with Gasteiger partial charge in [-0.3, -0.25) is 0 Å². The second-order valence-electron chi connectivity index (χ2n) is 3.45. The molecule has 0 fully saturated rings. The summed E-state index contributed by atoms with van der Waals surface area (Å²) in [5.74, 6) is 0. The maximum atomic E-state index is 12.4. The van der Waals surface area contributed by atoms with Crippen molar-refractivity contribution >= 4 is 15.9 Å². The molecule has 0 saturated heterocycles. The molecule has 0 saturated carbocycles. The summed E-state index contributed by atoms with van der Waals surface area (Å²) in [6.07, 6.45) is -7.96. The van der Waals surface area contributed by atoms with Gasteiger partial charge in [-0.2, -0.15) is 26.3 Å². The summed E-state index contributed by atoms with van der Waals surface area (Å²) in [7, 11) is 0. The van der Waals surface area contributed by atoms with Gasteiger partial charge in [-0.25, -0.2) is 0 Å². The zero-order chi connectivity index (χ0) is 13.3. The topological polar surface area (TPSA) is 3.24 Å². The molecule has 98 valence electrons. The number of nitrogens with zero attached hydrogens (tertiary/aromatic N) is 1. The van der Waals surface area contributed by atoms with E-state index in [1.165, 1.54) is 4.90 Å². The summed E-state index contributed by atoms with van der Waals surface area (Å²) in [4.78, 5) is 1.17. The van der Waals surface area contributed by atoms with E-state index < -0.39 is 24.3 Å².